The predicted molar refractivity (Wildman–Crippen MR) is 143 cm³/mol. The number of benzene rings is 3. The smallest absolute Gasteiger partial charge is 0.338 e. The zero-order valence-corrected chi connectivity index (χ0v) is 22.8. The fourth-order valence-electron chi connectivity index (χ4n) is 5.21. The molecule has 3 aromatic rings. The second-order valence-electron chi connectivity index (χ2n) is 9.34. The van der Waals surface area contributed by atoms with E-state index < -0.39 is 12.1 Å². The lowest BCUT2D eigenvalue weighted by molar-refractivity contribution is 0.00698. The van der Waals surface area contributed by atoms with E-state index in [0.717, 1.165) is 5.56 Å². The van der Waals surface area contributed by atoms with Crippen LogP contribution < -0.4 is 23.7 Å². The molecule has 0 bridgehead atoms. The van der Waals surface area contributed by atoms with Crippen LogP contribution in [0.25, 0.3) is 11.1 Å². The molecule has 3 aromatic carbocycles. The number of hydrogen-bond acceptors (Lipinski definition) is 8. The minimum atomic E-state index is -0.668. The van der Waals surface area contributed by atoms with Gasteiger partial charge in [-0.15, -0.1) is 0 Å². The highest BCUT2D eigenvalue weighted by Crippen LogP contribution is 2.57. The van der Waals surface area contributed by atoms with Gasteiger partial charge in [0, 0.05) is 22.6 Å². The van der Waals surface area contributed by atoms with Crippen molar-refractivity contribution in [2.75, 3.05) is 35.5 Å². The number of carbonyl (C=O) groups excluding carboxylic acids is 1. The minimum Gasteiger partial charge on any atom is -0.504 e. The lowest BCUT2D eigenvalue weighted by atomic mass is 9.75. The van der Waals surface area contributed by atoms with Gasteiger partial charge in [0.25, 0.3) is 0 Å². The van der Waals surface area contributed by atoms with Gasteiger partial charge in [-0.05, 0) is 42.2 Å². The quantitative estimate of drug-likeness (QED) is 0.388. The Kier molecular flexibility index (Phi) is 7.90. The van der Waals surface area contributed by atoms with Crippen molar-refractivity contribution in [3.63, 3.8) is 0 Å². The number of fused-ring (bicyclic) bond motifs is 3. The molecular weight excluding hydrogens is 488 g/mol. The number of aromatic hydroxyl groups is 1. The van der Waals surface area contributed by atoms with Crippen molar-refractivity contribution < 1.29 is 38.3 Å². The molecule has 8 nitrogen and oxygen atoms in total. The Balaban J connectivity index is 2.10. The lowest BCUT2D eigenvalue weighted by Crippen LogP contribution is -2.27. The number of ether oxygens (including phenoxy) is 6. The highest BCUT2D eigenvalue weighted by atomic mass is 16.5. The number of methoxy groups -OCH3 is 5. The molecule has 8 heteroatoms. The average Bonchev–Trinajstić information content (AvgIpc) is 2.93. The molecular formula is C30H34O8. The number of phenolic OH excluding ortho intramolecular Hbond substituents is 1. The van der Waals surface area contributed by atoms with Gasteiger partial charge in [0.05, 0.1) is 41.1 Å². The van der Waals surface area contributed by atoms with Crippen molar-refractivity contribution in [1.29, 1.82) is 0 Å². The van der Waals surface area contributed by atoms with Crippen LogP contribution in [-0.2, 0) is 11.2 Å². The first kappa shape index (κ1) is 27.0. The van der Waals surface area contributed by atoms with E-state index in [1.165, 1.54) is 28.4 Å². The molecule has 0 fully saturated rings. The van der Waals surface area contributed by atoms with Gasteiger partial charge >= 0.3 is 5.97 Å². The lowest BCUT2D eigenvalue weighted by Gasteiger charge is -2.35. The second kappa shape index (κ2) is 11.1. The molecule has 0 saturated carbocycles. The number of hydrogen-bond donors (Lipinski definition) is 1. The highest BCUT2D eigenvalue weighted by Gasteiger charge is 2.39. The first-order valence-electron chi connectivity index (χ1n) is 12.4. The van der Waals surface area contributed by atoms with Crippen LogP contribution in [0.5, 0.6) is 34.5 Å². The molecule has 0 spiro atoms. The first-order chi connectivity index (χ1) is 18.3. The Morgan fingerprint density at radius 1 is 0.789 bits per heavy atom. The summed E-state index contributed by atoms with van der Waals surface area (Å²) in [6, 6.07) is 12.4. The molecule has 0 heterocycles. The van der Waals surface area contributed by atoms with Crippen molar-refractivity contribution >= 4 is 5.97 Å². The monoisotopic (exact) mass is 522 g/mol. The summed E-state index contributed by atoms with van der Waals surface area (Å²) in [5.74, 6) is 1.18. The summed E-state index contributed by atoms with van der Waals surface area (Å²) in [7, 11) is 7.59. The Morgan fingerprint density at radius 3 is 1.97 bits per heavy atom. The Hall–Kier alpha value is -4.07. The van der Waals surface area contributed by atoms with Crippen molar-refractivity contribution in [2.45, 2.75) is 26.4 Å². The predicted octanol–water partition coefficient (Wildman–Crippen LogP) is 5.83. The molecule has 3 atom stereocenters. The fourth-order valence-corrected chi connectivity index (χ4v) is 5.21. The van der Waals surface area contributed by atoms with Gasteiger partial charge < -0.3 is 33.5 Å². The van der Waals surface area contributed by atoms with Gasteiger partial charge in [0.15, 0.2) is 23.0 Å². The first-order valence-corrected chi connectivity index (χ1v) is 12.4. The van der Waals surface area contributed by atoms with Crippen LogP contribution in [-0.4, -0.2) is 46.6 Å². The molecule has 0 radical (unpaired) electrons. The average molecular weight is 523 g/mol. The van der Waals surface area contributed by atoms with Gasteiger partial charge in [0.2, 0.25) is 11.5 Å². The third-order valence-corrected chi connectivity index (χ3v) is 7.28. The number of rotatable bonds is 7. The number of esters is 1. The van der Waals surface area contributed by atoms with Crippen molar-refractivity contribution in [3.8, 4) is 45.6 Å². The van der Waals surface area contributed by atoms with Gasteiger partial charge in [-0.25, -0.2) is 4.79 Å². The van der Waals surface area contributed by atoms with Crippen molar-refractivity contribution in [1.82, 2.24) is 0 Å². The van der Waals surface area contributed by atoms with Crippen molar-refractivity contribution in [2.24, 2.45) is 11.8 Å². The molecule has 1 aliphatic rings. The molecule has 0 aromatic heterocycles. The van der Waals surface area contributed by atoms with E-state index in [0.29, 0.717) is 51.7 Å². The second-order valence-corrected chi connectivity index (χ2v) is 9.34. The molecule has 4 rings (SSSR count). The maximum absolute atomic E-state index is 13.3. The third-order valence-electron chi connectivity index (χ3n) is 7.28. The van der Waals surface area contributed by atoms with Crippen LogP contribution in [0.4, 0.5) is 0 Å². The molecule has 0 unspecified atom stereocenters. The van der Waals surface area contributed by atoms with E-state index in [4.69, 9.17) is 28.4 Å². The van der Waals surface area contributed by atoms with Gasteiger partial charge in [-0.2, -0.15) is 0 Å². The molecule has 0 amide bonds. The summed E-state index contributed by atoms with van der Waals surface area (Å²) in [6.45, 7) is 4.14. The summed E-state index contributed by atoms with van der Waals surface area (Å²) < 4.78 is 34.9. The van der Waals surface area contributed by atoms with Gasteiger partial charge in [-0.1, -0.05) is 32.0 Å². The van der Waals surface area contributed by atoms with Crippen LogP contribution >= 0.6 is 0 Å². The summed E-state index contributed by atoms with van der Waals surface area (Å²) in [5, 5.41) is 10.8. The summed E-state index contributed by atoms with van der Waals surface area (Å²) in [4.78, 5) is 13.3. The third kappa shape index (κ3) is 4.55. The maximum Gasteiger partial charge on any atom is 0.338 e. The van der Waals surface area contributed by atoms with Crippen LogP contribution in [0.15, 0.2) is 42.5 Å². The van der Waals surface area contributed by atoms with Crippen LogP contribution in [0.3, 0.4) is 0 Å². The van der Waals surface area contributed by atoms with Gasteiger partial charge in [-0.3, -0.25) is 0 Å². The normalized spacial score (nSPS) is 18.2. The van der Waals surface area contributed by atoms with Crippen LogP contribution in [0, 0.1) is 11.8 Å². The topological polar surface area (TPSA) is 92.7 Å². The van der Waals surface area contributed by atoms with E-state index >= 15 is 0 Å². The van der Waals surface area contributed by atoms with Gasteiger partial charge in [0.1, 0.15) is 6.10 Å². The summed E-state index contributed by atoms with van der Waals surface area (Å²) >= 11 is 0. The summed E-state index contributed by atoms with van der Waals surface area (Å²) in [5.41, 5.74) is 3.22. The maximum atomic E-state index is 13.3. The zero-order chi connectivity index (χ0) is 27.6. The SMILES string of the molecule is COc1cc2c(c(OC)c1OC)-c1c(cc(O)c(OC)c1OC)C[C@H](C)[C@H](C)[C@@H]2OC(=O)c1ccccc1. The Labute approximate surface area is 223 Å². The molecule has 202 valence electrons. The Bertz CT molecular complexity index is 1320. The van der Waals surface area contributed by atoms with E-state index in [-0.39, 0.29) is 23.3 Å². The van der Waals surface area contributed by atoms with Crippen molar-refractivity contribution in [3.05, 3.63) is 59.2 Å². The number of carbonyl (C=O) groups is 1. The molecule has 0 aliphatic heterocycles. The van der Waals surface area contributed by atoms with E-state index in [1.807, 2.05) is 19.1 Å². The summed E-state index contributed by atoms with van der Waals surface area (Å²) in [6.07, 6.45) is -0.0974. The largest absolute Gasteiger partial charge is 0.504 e. The molecule has 1 aliphatic carbocycles. The van der Waals surface area contributed by atoms with E-state index in [2.05, 4.69) is 6.92 Å². The number of phenols is 1. The van der Waals surface area contributed by atoms with Crippen LogP contribution in [0.1, 0.15) is 41.4 Å². The van der Waals surface area contributed by atoms with Crippen LogP contribution in [0.2, 0.25) is 0 Å². The van der Waals surface area contributed by atoms with E-state index in [9.17, 15) is 9.90 Å². The Morgan fingerprint density at radius 2 is 1.39 bits per heavy atom. The molecule has 1 N–H and O–H groups in total. The molecule has 38 heavy (non-hydrogen) atoms. The molecule has 0 saturated heterocycles. The van der Waals surface area contributed by atoms with E-state index in [1.54, 1.807) is 37.4 Å². The standard InChI is InChI=1S/C30H34O8/c1-16-13-19-14-21(31)26(34-4)28(36-6)23(19)24-20(15-22(33-3)27(35-5)29(24)37-7)25(17(16)2)38-30(32)18-11-9-8-10-12-18/h8-12,14-17,25,31H,13H2,1-7H3/t16-,17-,25-/m0/s1. The fraction of sp³-hybridized carbons (Fsp3) is 0.367. The zero-order valence-electron chi connectivity index (χ0n) is 22.8. The minimum absolute atomic E-state index is 0.0309. The highest BCUT2D eigenvalue weighted by molar-refractivity contribution is 5.91.